The molecule has 0 saturated heterocycles. The predicted molar refractivity (Wildman–Crippen MR) is 156 cm³/mol. The van der Waals surface area contributed by atoms with Crippen molar-refractivity contribution in [2.75, 3.05) is 11.1 Å². The van der Waals surface area contributed by atoms with Crippen LogP contribution in [0.5, 0.6) is 0 Å². The lowest BCUT2D eigenvalue weighted by Gasteiger charge is -2.29. The monoisotopic (exact) mass is 577 g/mol. The van der Waals surface area contributed by atoms with Gasteiger partial charge < -0.3 is 15.4 Å². The van der Waals surface area contributed by atoms with E-state index in [0.717, 1.165) is 11.1 Å². The molecule has 0 aromatic heterocycles. The predicted octanol–water partition coefficient (Wildman–Crippen LogP) is 7.11. The molecule has 3 aromatic rings. The number of aryl methyl sites for hydroxylation is 1. The van der Waals surface area contributed by atoms with Gasteiger partial charge >= 0.3 is 5.97 Å². The van der Waals surface area contributed by atoms with Crippen molar-refractivity contribution < 1.29 is 14.3 Å². The van der Waals surface area contributed by atoms with Crippen molar-refractivity contribution in [3.63, 3.8) is 0 Å². The van der Waals surface area contributed by atoms with Crippen LogP contribution in [0.3, 0.4) is 0 Å². The molecule has 0 unspecified atom stereocenters. The largest absolute Gasteiger partial charge is 0.457 e. The highest BCUT2D eigenvalue weighted by molar-refractivity contribution is 8.03. The van der Waals surface area contributed by atoms with E-state index < -0.39 is 11.9 Å². The van der Waals surface area contributed by atoms with Gasteiger partial charge in [0, 0.05) is 21.4 Å². The number of ether oxygens (including phenoxy) is 1. The lowest BCUT2D eigenvalue weighted by Crippen LogP contribution is -2.29. The molecule has 0 radical (unpaired) electrons. The molecule has 1 amide bonds. The summed E-state index contributed by atoms with van der Waals surface area (Å²) in [5, 5.41) is 17.8. The summed E-state index contributed by atoms with van der Waals surface area (Å²) in [5.41, 5.74) is 4.23. The number of benzene rings is 3. The quantitative estimate of drug-likeness (QED) is 0.277. The average Bonchev–Trinajstić information content (AvgIpc) is 2.93. The van der Waals surface area contributed by atoms with Crippen LogP contribution in [0.2, 0.25) is 10.0 Å². The number of hydrogen-bond donors (Lipinski definition) is 2. The fraction of sp³-hybridized carbons (Fsp3) is 0.167. The summed E-state index contributed by atoms with van der Waals surface area (Å²) in [6.07, 6.45) is 0. The van der Waals surface area contributed by atoms with E-state index in [0.29, 0.717) is 43.2 Å². The normalized spacial score (nSPS) is 14.9. The van der Waals surface area contributed by atoms with Crippen LogP contribution >= 0.6 is 35.0 Å². The van der Waals surface area contributed by atoms with Gasteiger partial charge in [0.1, 0.15) is 6.61 Å². The van der Waals surface area contributed by atoms with Crippen LogP contribution in [0.4, 0.5) is 5.69 Å². The number of anilines is 1. The van der Waals surface area contributed by atoms with Gasteiger partial charge in [0.2, 0.25) is 5.91 Å². The van der Waals surface area contributed by atoms with Gasteiger partial charge in [-0.05, 0) is 54.8 Å². The summed E-state index contributed by atoms with van der Waals surface area (Å²) in [5.74, 6) is -1.45. The molecule has 198 valence electrons. The first-order chi connectivity index (χ1) is 18.8. The van der Waals surface area contributed by atoms with Crippen molar-refractivity contribution >= 4 is 52.5 Å². The Kier molecular flexibility index (Phi) is 9.36. The molecule has 0 saturated carbocycles. The minimum Gasteiger partial charge on any atom is -0.457 e. The smallest absolute Gasteiger partial charge is 0.337 e. The molecular formula is C30H25Cl2N3O3S. The second-order valence-electron chi connectivity index (χ2n) is 8.87. The van der Waals surface area contributed by atoms with Crippen molar-refractivity contribution in [3.8, 4) is 6.07 Å². The Morgan fingerprint density at radius 2 is 1.77 bits per heavy atom. The summed E-state index contributed by atoms with van der Waals surface area (Å²) in [7, 11) is 0. The molecule has 0 fully saturated rings. The summed E-state index contributed by atoms with van der Waals surface area (Å²) in [6.45, 7) is 3.73. The highest BCUT2D eigenvalue weighted by Gasteiger charge is 2.35. The highest BCUT2D eigenvalue weighted by Crippen LogP contribution is 2.41. The van der Waals surface area contributed by atoms with Crippen molar-refractivity contribution in [1.29, 1.82) is 5.26 Å². The van der Waals surface area contributed by atoms with Gasteiger partial charge in [-0.2, -0.15) is 5.26 Å². The van der Waals surface area contributed by atoms with Crippen LogP contribution < -0.4 is 10.6 Å². The van der Waals surface area contributed by atoms with Gasteiger partial charge in [0.15, 0.2) is 0 Å². The number of halogens is 2. The van der Waals surface area contributed by atoms with E-state index in [1.807, 2.05) is 43.3 Å². The first-order valence-electron chi connectivity index (χ1n) is 12.0. The molecular weight excluding hydrogens is 553 g/mol. The molecule has 0 bridgehead atoms. The maximum absolute atomic E-state index is 13.4. The molecule has 3 aromatic carbocycles. The van der Waals surface area contributed by atoms with Gasteiger partial charge in [0.05, 0.1) is 33.9 Å². The van der Waals surface area contributed by atoms with E-state index in [1.165, 1.54) is 11.8 Å². The summed E-state index contributed by atoms with van der Waals surface area (Å²) >= 11 is 13.5. The Balaban J connectivity index is 1.58. The number of allylic oxidation sites excluding steroid dienone is 2. The van der Waals surface area contributed by atoms with Crippen LogP contribution in [0, 0.1) is 18.3 Å². The van der Waals surface area contributed by atoms with Crippen LogP contribution in [0.15, 0.2) is 94.7 Å². The zero-order valence-corrected chi connectivity index (χ0v) is 23.6. The first-order valence-corrected chi connectivity index (χ1v) is 13.8. The average molecular weight is 579 g/mol. The van der Waals surface area contributed by atoms with Gasteiger partial charge in [-0.3, -0.25) is 4.79 Å². The summed E-state index contributed by atoms with van der Waals surface area (Å²) < 4.78 is 5.65. The molecule has 1 aliphatic rings. The Bertz CT molecular complexity index is 1500. The standard InChI is InChI=1S/C30H25Cl2N3O3S/c1-18-8-13-23(14-25(18)32)35-26(36)17-39-29-24(15-33)28(21-9-11-22(31)12-10-21)27(19(2)34-29)30(37)38-16-20-6-4-3-5-7-20/h3-14,28,34H,16-17H2,1-2H3,(H,35,36)/t28-/m0/s1. The molecule has 6 nitrogen and oxygen atoms in total. The van der Waals surface area contributed by atoms with Crippen LogP contribution in [-0.4, -0.2) is 17.6 Å². The Hall–Kier alpha value is -3.70. The first kappa shape index (κ1) is 28.3. The van der Waals surface area contributed by atoms with Gasteiger partial charge in [0.25, 0.3) is 0 Å². The van der Waals surface area contributed by atoms with Crippen molar-refractivity contribution in [3.05, 3.63) is 121 Å². The summed E-state index contributed by atoms with van der Waals surface area (Å²) in [4.78, 5) is 26.1. The molecule has 1 atom stereocenters. The molecule has 39 heavy (non-hydrogen) atoms. The molecule has 4 rings (SSSR count). The summed E-state index contributed by atoms with van der Waals surface area (Å²) in [6, 6.07) is 23.9. The Labute approximate surface area is 241 Å². The number of esters is 1. The number of nitrogens with one attached hydrogen (secondary N) is 2. The number of carbonyl (C=O) groups is 2. The van der Waals surface area contributed by atoms with Gasteiger partial charge in [-0.25, -0.2) is 4.79 Å². The topological polar surface area (TPSA) is 91.2 Å². The van der Waals surface area contributed by atoms with E-state index in [1.54, 1.807) is 43.3 Å². The molecule has 9 heteroatoms. The second-order valence-corrected chi connectivity index (χ2v) is 10.7. The maximum Gasteiger partial charge on any atom is 0.337 e. The molecule has 1 aliphatic heterocycles. The number of carbonyl (C=O) groups excluding carboxylic acids is 2. The molecule has 0 spiro atoms. The number of thioether (sulfide) groups is 1. The van der Waals surface area contributed by atoms with Crippen LogP contribution in [-0.2, 0) is 20.9 Å². The number of amides is 1. The lowest BCUT2D eigenvalue weighted by molar-refractivity contribution is -0.140. The Morgan fingerprint density at radius 1 is 1.05 bits per heavy atom. The highest BCUT2D eigenvalue weighted by atomic mass is 35.5. The number of hydrogen-bond acceptors (Lipinski definition) is 6. The van der Waals surface area contributed by atoms with Crippen LogP contribution in [0.25, 0.3) is 0 Å². The van der Waals surface area contributed by atoms with Gasteiger partial charge in [-0.15, -0.1) is 0 Å². The fourth-order valence-electron chi connectivity index (χ4n) is 4.09. The zero-order valence-electron chi connectivity index (χ0n) is 21.3. The third-order valence-corrected chi connectivity index (χ3v) is 7.76. The van der Waals surface area contributed by atoms with Crippen molar-refractivity contribution in [2.24, 2.45) is 0 Å². The molecule has 2 N–H and O–H groups in total. The van der Waals surface area contributed by atoms with E-state index in [4.69, 9.17) is 27.9 Å². The number of dihydropyridines is 1. The lowest BCUT2D eigenvalue weighted by atomic mass is 9.82. The fourth-order valence-corrected chi connectivity index (χ4v) is 5.29. The van der Waals surface area contributed by atoms with E-state index in [-0.39, 0.29) is 18.3 Å². The van der Waals surface area contributed by atoms with Crippen molar-refractivity contribution in [2.45, 2.75) is 26.4 Å². The minimum absolute atomic E-state index is 0.0351. The van der Waals surface area contributed by atoms with E-state index in [9.17, 15) is 14.9 Å². The van der Waals surface area contributed by atoms with Gasteiger partial charge in [-0.1, -0.05) is 83.5 Å². The zero-order chi connectivity index (χ0) is 27.9. The van der Waals surface area contributed by atoms with Crippen molar-refractivity contribution in [1.82, 2.24) is 5.32 Å². The number of nitrogens with zero attached hydrogens (tertiary/aromatic N) is 1. The number of nitriles is 1. The maximum atomic E-state index is 13.4. The molecule has 1 heterocycles. The van der Waals surface area contributed by atoms with E-state index in [2.05, 4.69) is 16.7 Å². The SMILES string of the molecule is CC1=C(C(=O)OCc2ccccc2)[C@@H](c2ccc(Cl)cc2)C(C#N)=C(SCC(=O)Nc2ccc(C)c(Cl)c2)N1. The second kappa shape index (κ2) is 12.9. The molecule has 0 aliphatic carbocycles. The third-order valence-electron chi connectivity index (χ3n) is 6.09. The van der Waals surface area contributed by atoms with E-state index >= 15 is 0 Å². The van der Waals surface area contributed by atoms with Crippen LogP contribution in [0.1, 0.15) is 29.5 Å². The third kappa shape index (κ3) is 7.04. The minimum atomic E-state index is -0.696. The Morgan fingerprint density at radius 3 is 2.44 bits per heavy atom. The number of rotatable bonds is 8.